The summed E-state index contributed by atoms with van der Waals surface area (Å²) in [7, 11) is 1.55. The highest BCUT2D eigenvalue weighted by Gasteiger charge is 1.93. The molecule has 0 aromatic carbocycles. The predicted octanol–water partition coefficient (Wildman–Crippen LogP) is 0.952. The van der Waals surface area contributed by atoms with Gasteiger partial charge in [-0.1, -0.05) is 0 Å². The Morgan fingerprint density at radius 3 is 3.14 bits per heavy atom. The fourth-order valence-electron chi connectivity index (χ4n) is 0.839. The van der Waals surface area contributed by atoms with Crippen molar-refractivity contribution in [1.82, 2.24) is 4.98 Å². The third-order valence-corrected chi connectivity index (χ3v) is 1.46. The van der Waals surface area contributed by atoms with Crippen LogP contribution in [-0.4, -0.2) is 17.9 Å². The second-order valence-electron chi connectivity index (χ2n) is 2.52. The summed E-state index contributed by atoms with van der Waals surface area (Å²) in [6, 6.07) is 3.53. The van der Waals surface area contributed by atoms with E-state index in [0.717, 1.165) is 5.69 Å². The molecule has 0 bridgehead atoms. The number of rotatable bonds is 4. The van der Waals surface area contributed by atoms with E-state index in [1.54, 1.807) is 31.6 Å². The summed E-state index contributed by atoms with van der Waals surface area (Å²) in [4.78, 5) is 3.95. The number of anilines is 1. The fraction of sp³-hybridized carbons (Fsp3) is 0.111. The van der Waals surface area contributed by atoms with E-state index in [1.165, 1.54) is 6.08 Å². The third kappa shape index (κ3) is 3.14. The van der Waals surface area contributed by atoms with Crippen molar-refractivity contribution in [3.8, 4) is 5.88 Å². The molecule has 0 aliphatic rings. The molecule has 5 heteroatoms. The molecule has 0 spiro atoms. The Bertz CT molecular complexity index is 348. The number of nitrogens with one attached hydrogen (secondary N) is 2. The summed E-state index contributed by atoms with van der Waals surface area (Å²) in [6.45, 7) is 0. The average Bonchev–Trinajstić information content (AvgIpc) is 2.18. The molecule has 0 radical (unpaired) electrons. The maximum Gasteiger partial charge on any atom is 0.214 e. The van der Waals surface area contributed by atoms with Crippen molar-refractivity contribution >= 4 is 11.5 Å². The quantitative estimate of drug-likeness (QED) is 0.490. The maximum absolute atomic E-state index is 6.95. The molecule has 0 saturated heterocycles. The van der Waals surface area contributed by atoms with E-state index >= 15 is 0 Å². The number of nitrogens with zero attached hydrogens (tertiary/aromatic N) is 1. The molecule has 1 heterocycles. The molecule has 0 amide bonds. The molecule has 1 rings (SSSR count). The van der Waals surface area contributed by atoms with Crippen molar-refractivity contribution in [2.45, 2.75) is 0 Å². The molecule has 1 aromatic heterocycles. The first-order chi connectivity index (χ1) is 6.72. The van der Waals surface area contributed by atoms with Crippen molar-refractivity contribution < 1.29 is 4.74 Å². The smallest absolute Gasteiger partial charge is 0.214 e. The molecule has 0 saturated carbocycles. The summed E-state index contributed by atoms with van der Waals surface area (Å²) in [5.74, 6) is 0.532. The first kappa shape index (κ1) is 10.0. The zero-order valence-electron chi connectivity index (χ0n) is 7.82. The Hall–Kier alpha value is -2.04. The highest BCUT2D eigenvalue weighted by Crippen LogP contribution is 2.12. The van der Waals surface area contributed by atoms with E-state index < -0.39 is 0 Å². The predicted molar refractivity (Wildman–Crippen MR) is 55.5 cm³/mol. The van der Waals surface area contributed by atoms with Gasteiger partial charge in [0, 0.05) is 24.2 Å². The van der Waals surface area contributed by atoms with Gasteiger partial charge in [0.15, 0.2) is 0 Å². The van der Waals surface area contributed by atoms with Crippen LogP contribution in [0.25, 0.3) is 0 Å². The summed E-state index contributed by atoms with van der Waals surface area (Å²) in [5, 5.41) is 9.88. The van der Waals surface area contributed by atoms with Crippen LogP contribution in [0.4, 0.5) is 5.69 Å². The maximum atomic E-state index is 6.95. The topological polar surface area (TPSA) is 84.0 Å². The minimum absolute atomic E-state index is 0.00137. The van der Waals surface area contributed by atoms with Gasteiger partial charge in [-0.25, -0.2) is 4.98 Å². The van der Waals surface area contributed by atoms with E-state index in [1.807, 2.05) is 0 Å². The van der Waals surface area contributed by atoms with Crippen molar-refractivity contribution in [3.63, 3.8) is 0 Å². The van der Waals surface area contributed by atoms with Crippen LogP contribution in [-0.2, 0) is 0 Å². The summed E-state index contributed by atoms with van der Waals surface area (Å²) >= 11 is 0. The Morgan fingerprint density at radius 2 is 2.50 bits per heavy atom. The lowest BCUT2D eigenvalue weighted by Crippen LogP contribution is -2.05. The lowest BCUT2D eigenvalue weighted by molar-refractivity contribution is 0.398. The highest BCUT2D eigenvalue weighted by atomic mass is 16.5. The molecule has 0 unspecified atom stereocenters. The number of hydrogen-bond donors (Lipinski definition) is 3. The second kappa shape index (κ2) is 4.86. The van der Waals surface area contributed by atoms with Gasteiger partial charge in [0.05, 0.1) is 7.11 Å². The molecular formula is C9H12N4O. The van der Waals surface area contributed by atoms with Gasteiger partial charge in [-0.3, -0.25) is 5.41 Å². The number of aromatic nitrogens is 1. The number of methoxy groups -OCH3 is 1. The third-order valence-electron chi connectivity index (χ3n) is 1.46. The number of pyridine rings is 1. The average molecular weight is 192 g/mol. The van der Waals surface area contributed by atoms with Crippen LogP contribution >= 0.6 is 0 Å². The van der Waals surface area contributed by atoms with Crippen LogP contribution in [0.2, 0.25) is 0 Å². The number of ether oxygens (including phenoxy) is 1. The van der Waals surface area contributed by atoms with Gasteiger partial charge in [0.25, 0.3) is 0 Å². The SMILES string of the molecule is COc1cc(N/C=C\C(=N)N)ccn1. The summed E-state index contributed by atoms with van der Waals surface area (Å²) < 4.78 is 4.94. The number of amidine groups is 1. The molecule has 0 aliphatic carbocycles. The Morgan fingerprint density at radius 1 is 1.71 bits per heavy atom. The largest absolute Gasteiger partial charge is 0.481 e. The zero-order valence-corrected chi connectivity index (χ0v) is 7.82. The summed E-state index contributed by atoms with van der Waals surface area (Å²) in [6.07, 6.45) is 4.66. The molecule has 1 aromatic rings. The van der Waals surface area contributed by atoms with Gasteiger partial charge in [-0.2, -0.15) is 0 Å². The standard InChI is InChI=1S/C9H12N4O/c1-14-9-6-7(2-4-13-9)12-5-3-8(10)11/h2-6H,1H3,(H3,10,11)(H,12,13)/b5-3-. The van der Waals surface area contributed by atoms with Gasteiger partial charge < -0.3 is 15.8 Å². The number of nitrogens with two attached hydrogens (primary N) is 1. The van der Waals surface area contributed by atoms with E-state index in [9.17, 15) is 0 Å². The van der Waals surface area contributed by atoms with Crippen molar-refractivity contribution in [2.75, 3.05) is 12.4 Å². The lowest BCUT2D eigenvalue weighted by atomic mass is 10.4. The zero-order chi connectivity index (χ0) is 10.4. The van der Waals surface area contributed by atoms with Crippen LogP contribution in [0.1, 0.15) is 0 Å². The van der Waals surface area contributed by atoms with Gasteiger partial charge in [-0.05, 0) is 12.1 Å². The molecule has 0 atom stereocenters. The van der Waals surface area contributed by atoms with Gasteiger partial charge >= 0.3 is 0 Å². The Kier molecular flexibility index (Phi) is 3.49. The van der Waals surface area contributed by atoms with E-state index in [0.29, 0.717) is 5.88 Å². The molecule has 14 heavy (non-hydrogen) atoms. The van der Waals surface area contributed by atoms with E-state index in [4.69, 9.17) is 15.9 Å². The molecule has 0 fully saturated rings. The van der Waals surface area contributed by atoms with Crippen LogP contribution in [0.3, 0.4) is 0 Å². The van der Waals surface area contributed by atoms with Gasteiger partial charge in [-0.15, -0.1) is 0 Å². The van der Waals surface area contributed by atoms with Crippen LogP contribution in [0.15, 0.2) is 30.6 Å². The first-order valence-electron chi connectivity index (χ1n) is 3.99. The second-order valence-corrected chi connectivity index (χ2v) is 2.52. The van der Waals surface area contributed by atoms with Crippen LogP contribution < -0.4 is 15.8 Å². The summed E-state index contributed by atoms with van der Waals surface area (Å²) in [5.41, 5.74) is 5.96. The highest BCUT2D eigenvalue weighted by molar-refractivity contribution is 5.88. The van der Waals surface area contributed by atoms with Crippen LogP contribution in [0, 0.1) is 5.41 Å². The minimum atomic E-state index is -0.00137. The lowest BCUT2D eigenvalue weighted by Gasteiger charge is -2.02. The first-order valence-corrected chi connectivity index (χ1v) is 3.99. The van der Waals surface area contributed by atoms with Crippen molar-refractivity contribution in [1.29, 1.82) is 5.41 Å². The van der Waals surface area contributed by atoms with E-state index in [-0.39, 0.29) is 5.84 Å². The minimum Gasteiger partial charge on any atom is -0.481 e. The Labute approximate surface area is 82.1 Å². The van der Waals surface area contributed by atoms with Crippen LogP contribution in [0.5, 0.6) is 5.88 Å². The van der Waals surface area contributed by atoms with Gasteiger partial charge in [0.1, 0.15) is 5.84 Å². The van der Waals surface area contributed by atoms with Crippen molar-refractivity contribution in [2.24, 2.45) is 5.73 Å². The van der Waals surface area contributed by atoms with Gasteiger partial charge in [0.2, 0.25) is 5.88 Å². The monoisotopic (exact) mass is 192 g/mol. The normalized spacial score (nSPS) is 10.1. The van der Waals surface area contributed by atoms with E-state index in [2.05, 4.69) is 10.3 Å². The molecule has 5 nitrogen and oxygen atoms in total. The van der Waals surface area contributed by atoms with Crippen molar-refractivity contribution in [3.05, 3.63) is 30.6 Å². The molecule has 74 valence electrons. The molecular weight excluding hydrogens is 180 g/mol. The fourth-order valence-corrected chi connectivity index (χ4v) is 0.839. The molecule has 0 aliphatic heterocycles. The Balaban J connectivity index is 2.63. The molecule has 4 N–H and O–H groups in total. The number of hydrogen-bond acceptors (Lipinski definition) is 4.